The molecule has 0 amide bonds. The number of rotatable bonds is 5. The monoisotopic (exact) mass is 326 g/mol. The molecule has 19 heavy (non-hydrogen) atoms. The second-order valence-electron chi connectivity index (χ2n) is 5.19. The van der Waals surface area contributed by atoms with Crippen LogP contribution in [0.5, 0.6) is 5.75 Å². The molecule has 0 bridgehead atoms. The van der Waals surface area contributed by atoms with Crippen LogP contribution in [0.3, 0.4) is 0 Å². The summed E-state index contributed by atoms with van der Waals surface area (Å²) in [4.78, 5) is 2.49. The molecule has 1 saturated heterocycles. The van der Waals surface area contributed by atoms with Gasteiger partial charge in [0.25, 0.3) is 0 Å². The van der Waals surface area contributed by atoms with Crippen LogP contribution in [0.2, 0.25) is 0 Å². The van der Waals surface area contributed by atoms with E-state index in [9.17, 15) is 0 Å². The zero-order valence-corrected chi connectivity index (χ0v) is 13.4. The van der Waals surface area contributed by atoms with Crippen LogP contribution in [0.4, 0.5) is 5.69 Å². The third-order valence-corrected chi connectivity index (χ3v) is 4.37. The third-order valence-electron chi connectivity index (χ3n) is 3.88. The Kier molecular flexibility index (Phi) is 5.52. The standard InChI is InChI=1S/C15H23BrN2O/c1-18-10-4-3-5-13(18)8-9-17-14-11-12(16)6-7-15(14)19-2/h6-7,11,13,17H,3-5,8-10H2,1-2H3. The first-order valence-corrected chi connectivity index (χ1v) is 7.77. The van der Waals surface area contributed by atoms with Gasteiger partial charge in [0.2, 0.25) is 0 Å². The fourth-order valence-corrected chi connectivity index (χ4v) is 3.06. The molecule has 106 valence electrons. The van der Waals surface area contributed by atoms with Gasteiger partial charge in [-0.15, -0.1) is 0 Å². The van der Waals surface area contributed by atoms with Gasteiger partial charge in [-0.25, -0.2) is 0 Å². The predicted octanol–water partition coefficient (Wildman–Crippen LogP) is 3.74. The Morgan fingerprint density at radius 3 is 3.00 bits per heavy atom. The van der Waals surface area contributed by atoms with Crippen molar-refractivity contribution >= 4 is 21.6 Å². The van der Waals surface area contributed by atoms with Crippen LogP contribution >= 0.6 is 15.9 Å². The second-order valence-corrected chi connectivity index (χ2v) is 6.11. The van der Waals surface area contributed by atoms with Crippen LogP contribution in [0.1, 0.15) is 25.7 Å². The molecule has 1 aromatic carbocycles. The van der Waals surface area contributed by atoms with Crippen LogP contribution in [-0.4, -0.2) is 38.2 Å². The highest BCUT2D eigenvalue weighted by Crippen LogP contribution is 2.28. The zero-order chi connectivity index (χ0) is 13.7. The largest absolute Gasteiger partial charge is 0.495 e. The summed E-state index contributed by atoms with van der Waals surface area (Å²) < 4.78 is 6.44. The molecule has 1 aliphatic rings. The van der Waals surface area contributed by atoms with Gasteiger partial charge in [-0.1, -0.05) is 22.4 Å². The third kappa shape index (κ3) is 4.11. The van der Waals surface area contributed by atoms with E-state index in [1.54, 1.807) is 7.11 Å². The fourth-order valence-electron chi connectivity index (χ4n) is 2.70. The average Bonchev–Trinajstić information content (AvgIpc) is 2.41. The number of halogens is 1. The highest BCUT2D eigenvalue weighted by atomic mass is 79.9. The van der Waals surface area contributed by atoms with E-state index in [0.29, 0.717) is 0 Å². The van der Waals surface area contributed by atoms with Gasteiger partial charge in [0.15, 0.2) is 0 Å². The Balaban J connectivity index is 1.86. The Morgan fingerprint density at radius 1 is 1.42 bits per heavy atom. The van der Waals surface area contributed by atoms with Gasteiger partial charge < -0.3 is 15.0 Å². The first kappa shape index (κ1) is 14.7. The lowest BCUT2D eigenvalue weighted by Crippen LogP contribution is -2.37. The molecule has 1 unspecified atom stereocenters. The smallest absolute Gasteiger partial charge is 0.142 e. The van der Waals surface area contributed by atoms with Gasteiger partial charge in [-0.3, -0.25) is 0 Å². The number of nitrogens with one attached hydrogen (secondary N) is 1. The van der Waals surface area contributed by atoms with Crippen molar-refractivity contribution in [2.45, 2.75) is 31.7 Å². The lowest BCUT2D eigenvalue weighted by Gasteiger charge is -2.32. The van der Waals surface area contributed by atoms with Crippen molar-refractivity contribution in [3.05, 3.63) is 22.7 Å². The molecule has 1 N–H and O–H groups in total. The van der Waals surface area contributed by atoms with E-state index < -0.39 is 0 Å². The van der Waals surface area contributed by atoms with Crippen molar-refractivity contribution < 1.29 is 4.74 Å². The Labute approximate surface area is 124 Å². The summed E-state index contributed by atoms with van der Waals surface area (Å²) >= 11 is 3.50. The molecule has 1 heterocycles. The van der Waals surface area contributed by atoms with Crippen LogP contribution in [-0.2, 0) is 0 Å². The Hall–Kier alpha value is -0.740. The van der Waals surface area contributed by atoms with E-state index in [1.807, 2.05) is 12.1 Å². The topological polar surface area (TPSA) is 24.5 Å². The molecule has 0 aromatic heterocycles. The summed E-state index contributed by atoms with van der Waals surface area (Å²) in [5.41, 5.74) is 1.07. The average molecular weight is 327 g/mol. The first-order chi connectivity index (χ1) is 9.20. The van der Waals surface area contributed by atoms with Gasteiger partial charge >= 0.3 is 0 Å². The maximum atomic E-state index is 5.37. The molecule has 1 aromatic rings. The van der Waals surface area contributed by atoms with Gasteiger partial charge in [0.1, 0.15) is 5.75 Å². The number of piperidine rings is 1. The van der Waals surface area contributed by atoms with Gasteiger partial charge in [0, 0.05) is 17.1 Å². The van der Waals surface area contributed by atoms with E-state index in [0.717, 1.165) is 28.5 Å². The van der Waals surface area contributed by atoms with Gasteiger partial charge in [-0.05, 0) is 51.1 Å². The summed E-state index contributed by atoms with van der Waals surface area (Å²) in [5.74, 6) is 0.903. The summed E-state index contributed by atoms with van der Waals surface area (Å²) in [6, 6.07) is 6.78. The molecule has 4 heteroatoms. The molecule has 1 fully saturated rings. The zero-order valence-electron chi connectivity index (χ0n) is 11.8. The molecule has 1 aliphatic heterocycles. The Morgan fingerprint density at radius 2 is 2.26 bits per heavy atom. The SMILES string of the molecule is COc1ccc(Br)cc1NCCC1CCCCN1C. The Bertz CT molecular complexity index is 411. The molecule has 0 spiro atoms. The normalized spacial score (nSPS) is 20.3. The van der Waals surface area contributed by atoms with Crippen molar-refractivity contribution in [1.82, 2.24) is 4.90 Å². The summed E-state index contributed by atoms with van der Waals surface area (Å²) in [6.45, 7) is 2.23. The molecular formula is C15H23BrN2O. The van der Waals surface area contributed by atoms with Crippen molar-refractivity contribution in [2.24, 2.45) is 0 Å². The summed E-state index contributed by atoms with van der Waals surface area (Å²) in [5, 5.41) is 3.49. The number of likely N-dealkylation sites (tertiary alicyclic amines) is 1. The van der Waals surface area contributed by atoms with Crippen LogP contribution in [0, 0.1) is 0 Å². The van der Waals surface area contributed by atoms with Crippen LogP contribution < -0.4 is 10.1 Å². The highest BCUT2D eigenvalue weighted by molar-refractivity contribution is 9.10. The van der Waals surface area contributed by atoms with E-state index >= 15 is 0 Å². The highest BCUT2D eigenvalue weighted by Gasteiger charge is 2.18. The summed E-state index contributed by atoms with van der Waals surface area (Å²) in [6.07, 6.45) is 5.23. The van der Waals surface area contributed by atoms with E-state index in [2.05, 4.69) is 39.3 Å². The van der Waals surface area contributed by atoms with E-state index in [1.165, 1.54) is 32.2 Å². The van der Waals surface area contributed by atoms with Crippen molar-refractivity contribution in [1.29, 1.82) is 0 Å². The van der Waals surface area contributed by atoms with Gasteiger partial charge in [0.05, 0.1) is 12.8 Å². The molecular weight excluding hydrogens is 304 g/mol. The first-order valence-electron chi connectivity index (χ1n) is 6.98. The molecule has 0 saturated carbocycles. The number of benzene rings is 1. The quantitative estimate of drug-likeness (QED) is 0.891. The number of hydrogen-bond acceptors (Lipinski definition) is 3. The van der Waals surface area contributed by atoms with Crippen molar-refractivity contribution in [2.75, 3.05) is 32.6 Å². The predicted molar refractivity (Wildman–Crippen MR) is 84.1 cm³/mol. The second kappa shape index (κ2) is 7.15. The lowest BCUT2D eigenvalue weighted by molar-refractivity contribution is 0.179. The number of anilines is 1. The minimum Gasteiger partial charge on any atom is -0.495 e. The van der Waals surface area contributed by atoms with E-state index in [-0.39, 0.29) is 0 Å². The molecule has 1 atom stereocenters. The molecule has 2 rings (SSSR count). The van der Waals surface area contributed by atoms with Crippen LogP contribution in [0.25, 0.3) is 0 Å². The molecule has 0 radical (unpaired) electrons. The maximum Gasteiger partial charge on any atom is 0.142 e. The minimum atomic E-state index is 0.722. The minimum absolute atomic E-state index is 0.722. The van der Waals surface area contributed by atoms with Crippen molar-refractivity contribution in [3.63, 3.8) is 0 Å². The number of hydrogen-bond donors (Lipinski definition) is 1. The van der Waals surface area contributed by atoms with Gasteiger partial charge in [-0.2, -0.15) is 0 Å². The van der Waals surface area contributed by atoms with Crippen molar-refractivity contribution in [3.8, 4) is 5.75 Å². The molecule has 3 nitrogen and oxygen atoms in total. The number of ether oxygens (including phenoxy) is 1. The number of nitrogens with zero attached hydrogens (tertiary/aromatic N) is 1. The van der Waals surface area contributed by atoms with E-state index in [4.69, 9.17) is 4.74 Å². The fraction of sp³-hybridized carbons (Fsp3) is 0.600. The lowest BCUT2D eigenvalue weighted by atomic mass is 10.0. The number of methoxy groups -OCH3 is 1. The maximum absolute atomic E-state index is 5.37. The summed E-state index contributed by atoms with van der Waals surface area (Å²) in [7, 11) is 3.95. The van der Waals surface area contributed by atoms with Crippen LogP contribution in [0.15, 0.2) is 22.7 Å². The molecule has 0 aliphatic carbocycles.